The second kappa shape index (κ2) is 5.67. The van der Waals surface area contributed by atoms with Crippen molar-refractivity contribution in [3.63, 3.8) is 0 Å². The van der Waals surface area contributed by atoms with Crippen LogP contribution < -0.4 is 10.6 Å². The molecule has 2 atom stereocenters. The van der Waals surface area contributed by atoms with E-state index in [4.69, 9.17) is 0 Å². The first-order valence-electron chi connectivity index (χ1n) is 6.43. The second-order valence-electron chi connectivity index (χ2n) is 6.05. The fourth-order valence-electron chi connectivity index (χ4n) is 2.31. The van der Waals surface area contributed by atoms with Crippen LogP contribution in [0.2, 0.25) is 0 Å². The summed E-state index contributed by atoms with van der Waals surface area (Å²) in [4.78, 5) is 11.6. The van der Waals surface area contributed by atoms with Crippen LogP contribution in [0.4, 0.5) is 0 Å². The second-order valence-corrected chi connectivity index (χ2v) is 6.05. The molecule has 0 heterocycles. The number of carbonyl (C=O) groups excluding carboxylic acids is 1. The van der Waals surface area contributed by atoms with Crippen LogP contribution in [0.1, 0.15) is 53.4 Å². The van der Waals surface area contributed by atoms with Crippen molar-refractivity contribution >= 4 is 5.91 Å². The Morgan fingerprint density at radius 2 is 1.88 bits per heavy atom. The van der Waals surface area contributed by atoms with Crippen LogP contribution in [-0.4, -0.2) is 24.0 Å². The Hall–Kier alpha value is -0.570. The Labute approximate surface area is 99.4 Å². The van der Waals surface area contributed by atoms with Gasteiger partial charge in [-0.15, -0.1) is 0 Å². The highest BCUT2D eigenvalue weighted by Crippen LogP contribution is 2.23. The average Bonchev–Trinajstić information content (AvgIpc) is 2.14. The van der Waals surface area contributed by atoms with Gasteiger partial charge in [-0.1, -0.05) is 19.8 Å². The van der Waals surface area contributed by atoms with Gasteiger partial charge in [-0.05, 0) is 39.5 Å². The molecule has 1 saturated carbocycles. The van der Waals surface area contributed by atoms with E-state index in [2.05, 4.69) is 17.6 Å². The van der Waals surface area contributed by atoms with Crippen molar-refractivity contribution in [2.45, 2.75) is 65.0 Å². The molecule has 0 aliphatic heterocycles. The molecule has 1 aliphatic carbocycles. The monoisotopic (exact) mass is 226 g/mol. The van der Waals surface area contributed by atoms with Crippen molar-refractivity contribution in [1.82, 2.24) is 10.6 Å². The highest BCUT2D eigenvalue weighted by atomic mass is 16.2. The molecule has 0 saturated heterocycles. The Morgan fingerprint density at radius 3 is 2.44 bits per heavy atom. The fourth-order valence-corrected chi connectivity index (χ4v) is 2.31. The molecular formula is C13H26N2O. The normalized spacial score (nSPS) is 26.5. The zero-order chi connectivity index (χ0) is 12.2. The van der Waals surface area contributed by atoms with Crippen LogP contribution in [0.15, 0.2) is 0 Å². The quantitative estimate of drug-likeness (QED) is 0.773. The summed E-state index contributed by atoms with van der Waals surface area (Å²) >= 11 is 0. The molecule has 16 heavy (non-hydrogen) atoms. The lowest BCUT2D eigenvalue weighted by Gasteiger charge is -2.30. The molecule has 2 N–H and O–H groups in total. The maximum atomic E-state index is 11.6. The Morgan fingerprint density at radius 1 is 1.25 bits per heavy atom. The maximum absolute atomic E-state index is 11.6. The van der Waals surface area contributed by atoms with Gasteiger partial charge in [0.1, 0.15) is 0 Å². The summed E-state index contributed by atoms with van der Waals surface area (Å²) in [6, 6.07) is 0.527. The first-order chi connectivity index (χ1) is 7.38. The number of hydrogen-bond donors (Lipinski definition) is 2. The van der Waals surface area contributed by atoms with E-state index in [1.54, 1.807) is 0 Å². The third-order valence-corrected chi connectivity index (χ3v) is 3.15. The molecule has 1 rings (SSSR count). The van der Waals surface area contributed by atoms with Crippen LogP contribution in [-0.2, 0) is 4.79 Å². The van der Waals surface area contributed by atoms with Crippen LogP contribution in [0.25, 0.3) is 0 Å². The molecule has 0 bridgehead atoms. The topological polar surface area (TPSA) is 41.1 Å². The van der Waals surface area contributed by atoms with Crippen LogP contribution in [0.3, 0.4) is 0 Å². The lowest BCUT2D eigenvalue weighted by molar-refractivity contribution is -0.121. The van der Waals surface area contributed by atoms with Gasteiger partial charge in [0.2, 0.25) is 5.91 Å². The lowest BCUT2D eigenvalue weighted by atomic mass is 9.86. The number of carbonyl (C=O) groups is 1. The third-order valence-electron chi connectivity index (χ3n) is 3.15. The molecule has 0 aromatic carbocycles. The van der Waals surface area contributed by atoms with Gasteiger partial charge >= 0.3 is 0 Å². The summed E-state index contributed by atoms with van der Waals surface area (Å²) in [5.74, 6) is 0.807. The molecule has 1 fully saturated rings. The molecule has 0 aromatic rings. The Bertz CT molecular complexity index is 233. The van der Waals surface area contributed by atoms with Gasteiger partial charge in [0.05, 0.1) is 6.54 Å². The molecule has 0 aromatic heterocycles. The largest absolute Gasteiger partial charge is 0.350 e. The minimum Gasteiger partial charge on any atom is -0.350 e. The first-order valence-corrected chi connectivity index (χ1v) is 6.43. The minimum atomic E-state index is -0.128. The number of rotatable bonds is 3. The zero-order valence-corrected chi connectivity index (χ0v) is 11.1. The first kappa shape index (κ1) is 13.5. The summed E-state index contributed by atoms with van der Waals surface area (Å²) in [6.07, 6.45) is 5.14. The summed E-state index contributed by atoms with van der Waals surface area (Å²) < 4.78 is 0. The highest BCUT2D eigenvalue weighted by molar-refractivity contribution is 5.78. The summed E-state index contributed by atoms with van der Waals surface area (Å²) in [6.45, 7) is 8.75. The highest BCUT2D eigenvalue weighted by Gasteiger charge is 2.22. The van der Waals surface area contributed by atoms with Gasteiger partial charge in [-0.3, -0.25) is 4.79 Å². The molecule has 1 amide bonds. The van der Waals surface area contributed by atoms with Gasteiger partial charge in [0, 0.05) is 11.6 Å². The number of hydrogen-bond acceptors (Lipinski definition) is 2. The predicted molar refractivity (Wildman–Crippen MR) is 67.3 cm³/mol. The van der Waals surface area contributed by atoms with E-state index in [1.807, 2.05) is 20.8 Å². The van der Waals surface area contributed by atoms with Gasteiger partial charge in [-0.25, -0.2) is 0 Å². The van der Waals surface area contributed by atoms with E-state index in [0.717, 1.165) is 0 Å². The van der Waals surface area contributed by atoms with Gasteiger partial charge in [0.25, 0.3) is 0 Å². The fraction of sp³-hybridized carbons (Fsp3) is 0.923. The molecule has 3 nitrogen and oxygen atoms in total. The van der Waals surface area contributed by atoms with Gasteiger partial charge in [0.15, 0.2) is 0 Å². The zero-order valence-electron chi connectivity index (χ0n) is 11.1. The lowest BCUT2D eigenvalue weighted by Crippen LogP contribution is -2.48. The van der Waals surface area contributed by atoms with Crippen molar-refractivity contribution in [2.24, 2.45) is 5.92 Å². The molecule has 1 aliphatic rings. The van der Waals surface area contributed by atoms with Crippen molar-refractivity contribution in [3.05, 3.63) is 0 Å². The van der Waals surface area contributed by atoms with Crippen LogP contribution >= 0.6 is 0 Å². The van der Waals surface area contributed by atoms with E-state index in [0.29, 0.717) is 18.5 Å². The summed E-state index contributed by atoms with van der Waals surface area (Å²) in [5.41, 5.74) is -0.128. The summed E-state index contributed by atoms with van der Waals surface area (Å²) in [5, 5.41) is 6.35. The minimum absolute atomic E-state index is 0.102. The van der Waals surface area contributed by atoms with Crippen molar-refractivity contribution in [3.8, 4) is 0 Å². The molecular weight excluding hydrogens is 200 g/mol. The maximum Gasteiger partial charge on any atom is 0.234 e. The SMILES string of the molecule is CC1CCCCC1NCC(=O)NC(C)(C)C. The third kappa shape index (κ3) is 4.97. The van der Waals surface area contributed by atoms with E-state index in [-0.39, 0.29) is 11.4 Å². The standard InChI is InChI=1S/C13H26N2O/c1-10-7-5-6-8-11(10)14-9-12(16)15-13(2,3)4/h10-11,14H,5-9H2,1-4H3,(H,15,16). The van der Waals surface area contributed by atoms with Crippen molar-refractivity contribution in [1.29, 1.82) is 0 Å². The number of nitrogens with one attached hydrogen (secondary N) is 2. The number of amides is 1. The Kier molecular flexibility index (Phi) is 4.78. The molecule has 2 unspecified atom stereocenters. The molecule has 0 radical (unpaired) electrons. The van der Waals surface area contributed by atoms with Crippen molar-refractivity contribution in [2.75, 3.05) is 6.54 Å². The predicted octanol–water partition coefficient (Wildman–Crippen LogP) is 2.07. The summed E-state index contributed by atoms with van der Waals surface area (Å²) in [7, 11) is 0. The average molecular weight is 226 g/mol. The van der Waals surface area contributed by atoms with E-state index < -0.39 is 0 Å². The van der Waals surface area contributed by atoms with Crippen LogP contribution in [0.5, 0.6) is 0 Å². The van der Waals surface area contributed by atoms with E-state index in [9.17, 15) is 4.79 Å². The molecule has 94 valence electrons. The molecule has 0 spiro atoms. The van der Waals surface area contributed by atoms with Gasteiger partial charge < -0.3 is 10.6 Å². The smallest absolute Gasteiger partial charge is 0.234 e. The van der Waals surface area contributed by atoms with Gasteiger partial charge in [-0.2, -0.15) is 0 Å². The van der Waals surface area contributed by atoms with Crippen LogP contribution in [0, 0.1) is 5.92 Å². The Balaban J connectivity index is 2.25. The van der Waals surface area contributed by atoms with E-state index >= 15 is 0 Å². The van der Waals surface area contributed by atoms with E-state index in [1.165, 1.54) is 25.7 Å². The van der Waals surface area contributed by atoms with Crippen molar-refractivity contribution < 1.29 is 4.79 Å². The molecule has 3 heteroatoms.